The topological polar surface area (TPSA) is 99.1 Å². The Morgan fingerprint density at radius 1 is 1.28 bits per heavy atom. The number of rotatable bonds is 7. The van der Waals surface area contributed by atoms with E-state index in [9.17, 15) is 9.59 Å². The highest BCUT2D eigenvalue weighted by Gasteiger charge is 2.15. The molecule has 1 amide bonds. The molecular weight excluding hydrogens is 370 g/mol. The quantitative estimate of drug-likeness (QED) is 0.513. The van der Waals surface area contributed by atoms with Crippen molar-refractivity contribution in [1.82, 2.24) is 34.3 Å². The molecule has 0 radical (unpaired) electrons. The van der Waals surface area contributed by atoms with Gasteiger partial charge in [-0.2, -0.15) is 5.10 Å². The molecule has 0 saturated carbocycles. The predicted octanol–water partition coefficient (Wildman–Crippen LogP) is 1.53. The van der Waals surface area contributed by atoms with Gasteiger partial charge in [0, 0.05) is 19.0 Å². The summed E-state index contributed by atoms with van der Waals surface area (Å²) in [5, 5.41) is 12.4. The van der Waals surface area contributed by atoms with Crippen molar-refractivity contribution in [2.45, 2.75) is 45.8 Å². The van der Waals surface area contributed by atoms with E-state index in [4.69, 9.17) is 0 Å². The number of para-hydroxylation sites is 1. The number of amides is 1. The summed E-state index contributed by atoms with van der Waals surface area (Å²) >= 11 is 0. The molecule has 9 heteroatoms. The second kappa shape index (κ2) is 7.86. The van der Waals surface area contributed by atoms with E-state index in [-0.39, 0.29) is 17.6 Å². The van der Waals surface area contributed by atoms with E-state index in [1.807, 2.05) is 44.2 Å². The molecule has 0 aliphatic rings. The van der Waals surface area contributed by atoms with Crippen LogP contribution >= 0.6 is 0 Å². The minimum atomic E-state index is -0.219. The summed E-state index contributed by atoms with van der Waals surface area (Å²) < 4.78 is 4.76. The normalized spacial score (nSPS) is 12.5. The molecule has 3 aromatic heterocycles. The summed E-state index contributed by atoms with van der Waals surface area (Å²) in [4.78, 5) is 29.0. The van der Waals surface area contributed by atoms with Crippen LogP contribution in [-0.2, 0) is 17.9 Å². The summed E-state index contributed by atoms with van der Waals surface area (Å²) in [5.41, 5.74) is 2.20. The number of carbonyl (C=O) groups is 1. The van der Waals surface area contributed by atoms with E-state index in [2.05, 4.69) is 20.5 Å². The van der Waals surface area contributed by atoms with Gasteiger partial charge < -0.3 is 5.32 Å². The standard InChI is InChI=1S/C20H23N7O2/c1-14-10-16-6-3-4-7-17(16)27-19(14)24-26(20(27)29)11-15(2)23-18(28)8-5-9-25-13-21-12-22-25/h3-4,6-7,10,12-13,15H,5,8-9,11H2,1-2H3,(H,23,28)/t15-/m1/s1. The number of fused-ring (bicyclic) bond motifs is 3. The Hall–Kier alpha value is -3.49. The third kappa shape index (κ3) is 3.89. The van der Waals surface area contributed by atoms with Gasteiger partial charge in [-0.25, -0.2) is 18.9 Å². The van der Waals surface area contributed by atoms with Crippen molar-refractivity contribution < 1.29 is 4.79 Å². The molecule has 1 aromatic carbocycles. The molecule has 29 heavy (non-hydrogen) atoms. The Morgan fingerprint density at radius 3 is 2.90 bits per heavy atom. The summed E-state index contributed by atoms with van der Waals surface area (Å²) in [6.45, 7) is 4.76. The fraction of sp³-hybridized carbons (Fsp3) is 0.350. The Balaban J connectivity index is 1.45. The van der Waals surface area contributed by atoms with Crippen LogP contribution in [0.25, 0.3) is 16.6 Å². The van der Waals surface area contributed by atoms with Gasteiger partial charge in [-0.3, -0.25) is 9.48 Å². The van der Waals surface area contributed by atoms with E-state index in [1.54, 1.807) is 15.4 Å². The lowest BCUT2D eigenvalue weighted by molar-refractivity contribution is -0.121. The molecule has 9 nitrogen and oxygen atoms in total. The van der Waals surface area contributed by atoms with Crippen LogP contribution in [0.2, 0.25) is 0 Å². The van der Waals surface area contributed by atoms with Crippen LogP contribution < -0.4 is 11.0 Å². The van der Waals surface area contributed by atoms with Gasteiger partial charge in [-0.1, -0.05) is 18.2 Å². The first-order valence-corrected chi connectivity index (χ1v) is 9.62. The second-order valence-corrected chi connectivity index (χ2v) is 7.24. The fourth-order valence-electron chi connectivity index (χ4n) is 3.51. The first-order chi connectivity index (χ1) is 14.0. The number of benzene rings is 1. The molecule has 0 saturated heterocycles. The molecule has 1 atom stereocenters. The number of pyridine rings is 1. The van der Waals surface area contributed by atoms with Crippen LogP contribution in [0.3, 0.4) is 0 Å². The summed E-state index contributed by atoms with van der Waals surface area (Å²) in [6.07, 6.45) is 4.15. The number of hydrogen-bond acceptors (Lipinski definition) is 5. The monoisotopic (exact) mass is 393 g/mol. The Kier molecular flexibility index (Phi) is 5.11. The van der Waals surface area contributed by atoms with E-state index in [0.29, 0.717) is 31.6 Å². The molecule has 0 aliphatic carbocycles. The van der Waals surface area contributed by atoms with Gasteiger partial charge in [0.1, 0.15) is 12.7 Å². The summed E-state index contributed by atoms with van der Waals surface area (Å²) in [7, 11) is 0. The fourth-order valence-corrected chi connectivity index (χ4v) is 3.51. The number of nitrogens with one attached hydrogen (secondary N) is 1. The lowest BCUT2D eigenvalue weighted by Crippen LogP contribution is -2.38. The predicted molar refractivity (Wildman–Crippen MR) is 109 cm³/mol. The average Bonchev–Trinajstić information content (AvgIpc) is 3.31. The van der Waals surface area contributed by atoms with Crippen LogP contribution in [0, 0.1) is 6.92 Å². The SMILES string of the molecule is Cc1cc2ccccc2n2c(=O)n(C[C@@H](C)NC(=O)CCCn3cncn3)nc12. The van der Waals surface area contributed by atoms with Crippen molar-refractivity contribution in [3.63, 3.8) is 0 Å². The van der Waals surface area contributed by atoms with Crippen molar-refractivity contribution in [3.8, 4) is 0 Å². The lowest BCUT2D eigenvalue weighted by atomic mass is 10.1. The van der Waals surface area contributed by atoms with Crippen molar-refractivity contribution >= 4 is 22.5 Å². The zero-order valence-corrected chi connectivity index (χ0v) is 16.4. The van der Waals surface area contributed by atoms with Crippen LogP contribution in [0.15, 0.2) is 47.8 Å². The maximum atomic E-state index is 13.0. The number of hydrogen-bond donors (Lipinski definition) is 1. The first kappa shape index (κ1) is 18.9. The summed E-state index contributed by atoms with van der Waals surface area (Å²) in [5.74, 6) is -0.0592. The smallest absolute Gasteiger partial charge is 0.350 e. The molecule has 0 unspecified atom stereocenters. The number of carbonyl (C=O) groups excluding carboxylic acids is 1. The van der Waals surface area contributed by atoms with Crippen molar-refractivity contribution in [2.24, 2.45) is 0 Å². The minimum Gasteiger partial charge on any atom is -0.352 e. The highest BCUT2D eigenvalue weighted by Crippen LogP contribution is 2.18. The number of aromatic nitrogens is 6. The van der Waals surface area contributed by atoms with Gasteiger partial charge >= 0.3 is 5.69 Å². The van der Waals surface area contributed by atoms with E-state index >= 15 is 0 Å². The second-order valence-electron chi connectivity index (χ2n) is 7.24. The maximum Gasteiger partial charge on any atom is 0.350 e. The lowest BCUT2D eigenvalue weighted by Gasteiger charge is -2.13. The zero-order valence-electron chi connectivity index (χ0n) is 16.4. The molecule has 0 aliphatic heterocycles. The summed E-state index contributed by atoms with van der Waals surface area (Å²) in [6, 6.07) is 9.56. The zero-order chi connectivity index (χ0) is 20.4. The van der Waals surface area contributed by atoms with Gasteiger partial charge in [0.2, 0.25) is 5.91 Å². The molecule has 0 fully saturated rings. The van der Waals surface area contributed by atoms with Gasteiger partial charge in [-0.05, 0) is 43.4 Å². The highest BCUT2D eigenvalue weighted by molar-refractivity contribution is 5.83. The van der Waals surface area contributed by atoms with Crippen LogP contribution in [0.1, 0.15) is 25.3 Å². The maximum absolute atomic E-state index is 13.0. The Labute approximate surface area is 167 Å². The Morgan fingerprint density at radius 2 is 2.10 bits per heavy atom. The molecule has 0 bridgehead atoms. The molecule has 4 rings (SSSR count). The van der Waals surface area contributed by atoms with Crippen molar-refractivity contribution in [3.05, 3.63) is 59.0 Å². The highest BCUT2D eigenvalue weighted by atomic mass is 16.2. The number of nitrogens with zero attached hydrogens (tertiary/aromatic N) is 6. The third-order valence-electron chi connectivity index (χ3n) is 4.85. The molecule has 0 spiro atoms. The van der Waals surface area contributed by atoms with Crippen LogP contribution in [0.5, 0.6) is 0 Å². The van der Waals surface area contributed by atoms with E-state index in [0.717, 1.165) is 16.5 Å². The van der Waals surface area contributed by atoms with Crippen molar-refractivity contribution in [1.29, 1.82) is 0 Å². The van der Waals surface area contributed by atoms with Gasteiger partial charge in [0.25, 0.3) is 0 Å². The molecule has 4 aromatic rings. The number of aryl methyl sites for hydroxylation is 2. The molecule has 150 valence electrons. The Bertz CT molecular complexity index is 1210. The van der Waals surface area contributed by atoms with Gasteiger partial charge in [0.15, 0.2) is 5.65 Å². The largest absolute Gasteiger partial charge is 0.352 e. The van der Waals surface area contributed by atoms with Gasteiger partial charge in [0.05, 0.1) is 12.1 Å². The van der Waals surface area contributed by atoms with Crippen LogP contribution in [-0.4, -0.2) is 40.9 Å². The molecule has 1 N–H and O–H groups in total. The molecular formula is C20H23N7O2. The van der Waals surface area contributed by atoms with Gasteiger partial charge in [-0.15, -0.1) is 5.10 Å². The first-order valence-electron chi connectivity index (χ1n) is 9.62. The third-order valence-corrected chi connectivity index (χ3v) is 4.85. The van der Waals surface area contributed by atoms with E-state index in [1.165, 1.54) is 11.0 Å². The van der Waals surface area contributed by atoms with E-state index < -0.39 is 0 Å². The molecule has 3 heterocycles. The van der Waals surface area contributed by atoms with Crippen molar-refractivity contribution in [2.75, 3.05) is 0 Å². The minimum absolute atomic E-state index is 0.0592. The average molecular weight is 393 g/mol. The van der Waals surface area contributed by atoms with Crippen LogP contribution in [0.4, 0.5) is 0 Å².